The zero-order valence-corrected chi connectivity index (χ0v) is 10.9. The molecule has 1 heterocycles. The lowest BCUT2D eigenvalue weighted by molar-refractivity contribution is 0.152. The van der Waals surface area contributed by atoms with Crippen LogP contribution in [0.2, 0.25) is 0 Å². The zero-order valence-electron chi connectivity index (χ0n) is 10.1. The zero-order chi connectivity index (χ0) is 11.4. The average molecular weight is 226 g/mol. The smallest absolute Gasteiger partial charge is 0.0478 e. The molecule has 2 atom stereocenters. The summed E-state index contributed by atoms with van der Waals surface area (Å²) in [6.07, 6.45) is 0. The molecule has 1 aromatic heterocycles. The summed E-state index contributed by atoms with van der Waals surface area (Å²) in [6, 6.07) is 3.08. The number of nitrogens with two attached hydrogens (primary N) is 1. The van der Waals surface area contributed by atoms with Crippen LogP contribution in [0.25, 0.3) is 0 Å². The summed E-state index contributed by atoms with van der Waals surface area (Å²) in [6.45, 7) is 7.45. The first-order chi connectivity index (χ1) is 7.07. The van der Waals surface area contributed by atoms with Gasteiger partial charge >= 0.3 is 0 Å². The van der Waals surface area contributed by atoms with Crippen molar-refractivity contribution < 1.29 is 0 Å². The third-order valence-corrected chi connectivity index (χ3v) is 3.95. The van der Waals surface area contributed by atoms with Gasteiger partial charge in [-0.15, -0.1) is 0 Å². The lowest BCUT2D eigenvalue weighted by Gasteiger charge is -2.34. The average Bonchev–Trinajstić information content (AvgIpc) is 2.70. The van der Waals surface area contributed by atoms with E-state index >= 15 is 0 Å². The van der Waals surface area contributed by atoms with Gasteiger partial charge in [-0.2, -0.15) is 11.3 Å². The Morgan fingerprint density at radius 3 is 2.47 bits per heavy atom. The lowest BCUT2D eigenvalue weighted by atomic mass is 10.0. The maximum atomic E-state index is 5.87. The number of thiophene rings is 1. The third kappa shape index (κ3) is 3.03. The molecule has 0 amide bonds. The topological polar surface area (TPSA) is 29.3 Å². The van der Waals surface area contributed by atoms with Crippen LogP contribution in [-0.4, -0.2) is 24.5 Å². The fourth-order valence-electron chi connectivity index (χ4n) is 1.76. The van der Waals surface area contributed by atoms with E-state index in [1.165, 1.54) is 5.56 Å². The Bertz CT molecular complexity index is 269. The van der Waals surface area contributed by atoms with E-state index in [1.807, 2.05) is 0 Å². The Balaban J connectivity index is 2.75. The van der Waals surface area contributed by atoms with Gasteiger partial charge in [0.05, 0.1) is 0 Å². The Labute approximate surface area is 97.1 Å². The predicted octanol–water partition coefficient (Wildman–Crippen LogP) is 2.72. The maximum Gasteiger partial charge on any atom is 0.0478 e. The minimum Gasteiger partial charge on any atom is -0.329 e. The number of nitrogens with zero attached hydrogens (tertiary/aromatic N) is 1. The van der Waals surface area contributed by atoms with Crippen LogP contribution in [0.4, 0.5) is 0 Å². The summed E-state index contributed by atoms with van der Waals surface area (Å²) in [5.41, 5.74) is 7.21. The Morgan fingerprint density at radius 1 is 1.40 bits per heavy atom. The van der Waals surface area contributed by atoms with E-state index in [-0.39, 0.29) is 0 Å². The maximum absolute atomic E-state index is 5.87. The molecule has 0 aliphatic heterocycles. The van der Waals surface area contributed by atoms with Gasteiger partial charge < -0.3 is 5.73 Å². The van der Waals surface area contributed by atoms with Gasteiger partial charge in [-0.05, 0) is 42.3 Å². The molecule has 2 unspecified atom stereocenters. The van der Waals surface area contributed by atoms with E-state index in [2.05, 4.69) is 49.5 Å². The number of likely N-dealkylation sites (N-methyl/N-ethyl adjacent to an activating group) is 1. The second kappa shape index (κ2) is 5.64. The van der Waals surface area contributed by atoms with Gasteiger partial charge in [-0.3, -0.25) is 4.90 Å². The van der Waals surface area contributed by atoms with Crippen LogP contribution in [0.1, 0.15) is 32.4 Å². The van der Waals surface area contributed by atoms with Crippen molar-refractivity contribution >= 4 is 11.3 Å². The molecular formula is C12H22N2S. The molecule has 0 saturated heterocycles. The first-order valence-electron chi connectivity index (χ1n) is 5.52. The van der Waals surface area contributed by atoms with Crippen LogP contribution in [0.3, 0.4) is 0 Å². The minimum absolute atomic E-state index is 0.355. The fourth-order valence-corrected chi connectivity index (χ4v) is 2.46. The molecule has 0 spiro atoms. The van der Waals surface area contributed by atoms with Crippen LogP contribution in [0.5, 0.6) is 0 Å². The highest BCUT2D eigenvalue weighted by Crippen LogP contribution is 2.24. The summed E-state index contributed by atoms with van der Waals surface area (Å²) in [5, 5.41) is 4.31. The molecule has 0 aliphatic carbocycles. The van der Waals surface area contributed by atoms with Gasteiger partial charge in [0.15, 0.2) is 0 Å². The van der Waals surface area contributed by atoms with Gasteiger partial charge in [-0.25, -0.2) is 0 Å². The summed E-state index contributed by atoms with van der Waals surface area (Å²) < 4.78 is 0. The van der Waals surface area contributed by atoms with E-state index in [0.29, 0.717) is 24.5 Å². The van der Waals surface area contributed by atoms with Crippen LogP contribution in [0.15, 0.2) is 16.8 Å². The molecule has 0 saturated carbocycles. The second-order valence-electron chi connectivity index (χ2n) is 4.46. The molecule has 15 heavy (non-hydrogen) atoms. The van der Waals surface area contributed by atoms with E-state index in [4.69, 9.17) is 5.73 Å². The van der Waals surface area contributed by atoms with Crippen molar-refractivity contribution in [3.05, 3.63) is 22.4 Å². The van der Waals surface area contributed by atoms with Crippen LogP contribution >= 0.6 is 11.3 Å². The molecule has 0 aliphatic rings. The predicted molar refractivity (Wildman–Crippen MR) is 68.2 cm³/mol. The van der Waals surface area contributed by atoms with Crippen molar-refractivity contribution in [2.45, 2.75) is 32.9 Å². The van der Waals surface area contributed by atoms with Gasteiger partial charge in [0.25, 0.3) is 0 Å². The molecule has 0 bridgehead atoms. The van der Waals surface area contributed by atoms with Crippen molar-refractivity contribution in [1.29, 1.82) is 0 Å². The van der Waals surface area contributed by atoms with Gasteiger partial charge in [0.2, 0.25) is 0 Å². The van der Waals surface area contributed by atoms with E-state index in [9.17, 15) is 0 Å². The standard InChI is InChI=1S/C12H22N2S/c1-9(2)10(3)14(4)12(7-13)11-5-6-15-8-11/h5-6,8-10,12H,7,13H2,1-4H3. The SMILES string of the molecule is CC(C)C(C)N(C)C(CN)c1ccsc1. The Morgan fingerprint density at radius 2 is 2.07 bits per heavy atom. The van der Waals surface area contributed by atoms with Crippen molar-refractivity contribution in [1.82, 2.24) is 4.90 Å². The molecule has 0 fully saturated rings. The quantitative estimate of drug-likeness (QED) is 0.836. The summed E-state index contributed by atoms with van der Waals surface area (Å²) in [7, 11) is 2.17. The fraction of sp³-hybridized carbons (Fsp3) is 0.667. The van der Waals surface area contributed by atoms with E-state index in [1.54, 1.807) is 11.3 Å². The largest absolute Gasteiger partial charge is 0.329 e. The lowest BCUT2D eigenvalue weighted by Crippen LogP contribution is -2.39. The first-order valence-corrected chi connectivity index (χ1v) is 6.46. The molecular weight excluding hydrogens is 204 g/mol. The Kier molecular flexibility index (Phi) is 4.77. The highest BCUT2D eigenvalue weighted by atomic mass is 32.1. The minimum atomic E-state index is 0.355. The van der Waals surface area contributed by atoms with E-state index < -0.39 is 0 Å². The molecule has 1 rings (SSSR count). The van der Waals surface area contributed by atoms with Gasteiger partial charge in [0, 0.05) is 18.6 Å². The molecule has 0 radical (unpaired) electrons. The van der Waals surface area contributed by atoms with Crippen molar-refractivity contribution in [2.75, 3.05) is 13.6 Å². The van der Waals surface area contributed by atoms with Crippen molar-refractivity contribution in [3.63, 3.8) is 0 Å². The monoisotopic (exact) mass is 226 g/mol. The summed E-state index contributed by atoms with van der Waals surface area (Å²) in [4.78, 5) is 2.38. The Hall–Kier alpha value is -0.380. The second-order valence-corrected chi connectivity index (χ2v) is 5.24. The summed E-state index contributed by atoms with van der Waals surface area (Å²) in [5.74, 6) is 0.655. The number of hydrogen-bond acceptors (Lipinski definition) is 3. The van der Waals surface area contributed by atoms with Crippen LogP contribution < -0.4 is 5.73 Å². The summed E-state index contributed by atoms with van der Waals surface area (Å²) >= 11 is 1.74. The van der Waals surface area contributed by atoms with Gasteiger partial charge in [-0.1, -0.05) is 13.8 Å². The molecule has 86 valence electrons. The van der Waals surface area contributed by atoms with Crippen LogP contribution in [-0.2, 0) is 0 Å². The first kappa shape index (κ1) is 12.7. The van der Waals surface area contributed by atoms with Gasteiger partial charge in [0.1, 0.15) is 0 Å². The van der Waals surface area contributed by atoms with Crippen LogP contribution in [0, 0.1) is 5.92 Å². The highest BCUT2D eigenvalue weighted by molar-refractivity contribution is 7.07. The third-order valence-electron chi connectivity index (χ3n) is 3.25. The van der Waals surface area contributed by atoms with E-state index in [0.717, 1.165) is 0 Å². The highest BCUT2D eigenvalue weighted by Gasteiger charge is 2.22. The number of rotatable bonds is 5. The van der Waals surface area contributed by atoms with Crippen molar-refractivity contribution in [3.8, 4) is 0 Å². The molecule has 3 heteroatoms. The van der Waals surface area contributed by atoms with Crippen molar-refractivity contribution in [2.24, 2.45) is 11.7 Å². The molecule has 1 aromatic rings. The molecule has 0 aromatic carbocycles. The number of hydrogen-bond donors (Lipinski definition) is 1. The molecule has 2 nitrogen and oxygen atoms in total. The normalized spacial score (nSPS) is 15.9. The molecule has 2 N–H and O–H groups in total.